The zero-order valence-electron chi connectivity index (χ0n) is 12.4. The topological polar surface area (TPSA) is 68.1 Å². The monoisotopic (exact) mass is 326 g/mol. The van der Waals surface area contributed by atoms with Crippen molar-refractivity contribution in [1.29, 1.82) is 0 Å². The highest BCUT2D eigenvalue weighted by Crippen LogP contribution is 2.22. The summed E-state index contributed by atoms with van der Waals surface area (Å²) in [6.07, 6.45) is 7.33. The van der Waals surface area contributed by atoms with E-state index in [9.17, 15) is 9.59 Å². The second-order valence-electron chi connectivity index (χ2n) is 4.97. The molecule has 5 nitrogen and oxygen atoms in total. The van der Waals surface area contributed by atoms with Gasteiger partial charge in [0.15, 0.2) is 5.17 Å². The molecule has 1 aromatic carbocycles. The number of amidine groups is 1. The number of methoxy groups -OCH3 is 1. The first-order chi connectivity index (χ1) is 11.2. The molecule has 1 aliphatic heterocycles. The minimum Gasteiger partial charge on any atom is -0.465 e. The molecule has 1 amide bonds. The Labute approximate surface area is 137 Å². The Morgan fingerprint density at radius 2 is 2.00 bits per heavy atom. The third-order valence-corrected chi connectivity index (χ3v) is 4.36. The average Bonchev–Trinajstić information content (AvgIpc) is 2.60. The number of thioether (sulfide) groups is 1. The molecular formula is C17H14N2O3S. The van der Waals surface area contributed by atoms with E-state index in [1.165, 1.54) is 18.9 Å². The molecule has 0 saturated heterocycles. The average molecular weight is 326 g/mol. The van der Waals surface area contributed by atoms with Crippen molar-refractivity contribution in [2.45, 2.75) is 5.75 Å². The minimum atomic E-state index is -0.360. The maximum atomic E-state index is 12.0. The van der Waals surface area contributed by atoms with Crippen molar-refractivity contribution in [3.05, 3.63) is 59.7 Å². The zero-order valence-corrected chi connectivity index (χ0v) is 13.2. The number of ether oxygens (including phenoxy) is 1. The Kier molecular flexibility index (Phi) is 4.52. The number of hydrogen-bond acceptors (Lipinski definition) is 5. The summed E-state index contributed by atoms with van der Waals surface area (Å²) in [5, 5.41) is 0.471. The summed E-state index contributed by atoms with van der Waals surface area (Å²) in [5.74, 6) is -0.266. The number of nitrogens with zero attached hydrogens (tertiary/aromatic N) is 2. The molecule has 23 heavy (non-hydrogen) atoms. The molecule has 1 aromatic rings. The third-order valence-electron chi connectivity index (χ3n) is 3.44. The minimum absolute atomic E-state index is 0.181. The molecule has 3 rings (SSSR count). The summed E-state index contributed by atoms with van der Waals surface area (Å²) < 4.78 is 4.66. The van der Waals surface area contributed by atoms with Crippen LogP contribution < -0.4 is 0 Å². The van der Waals surface area contributed by atoms with Crippen molar-refractivity contribution in [2.75, 3.05) is 7.11 Å². The van der Waals surface area contributed by atoms with Gasteiger partial charge < -0.3 is 4.74 Å². The molecule has 1 unspecified atom stereocenters. The fourth-order valence-corrected chi connectivity index (χ4v) is 3.03. The van der Waals surface area contributed by atoms with Crippen LogP contribution in [0.3, 0.4) is 0 Å². The summed E-state index contributed by atoms with van der Waals surface area (Å²) >= 11 is 1.40. The highest BCUT2D eigenvalue weighted by Gasteiger charge is 2.26. The first kappa shape index (κ1) is 15.4. The standard InChI is InChI=1S/C17H14N2O3S/c1-22-16(21)12-8-6-11(7-9-12)10-23-17-18-14-5-3-2-4-13(14)15(20)19-17/h2-9,13H,10H2,1H3. The summed E-state index contributed by atoms with van der Waals surface area (Å²) in [4.78, 5) is 31.8. The van der Waals surface area contributed by atoms with E-state index in [-0.39, 0.29) is 17.8 Å². The van der Waals surface area contributed by atoms with Crippen LogP contribution in [0.25, 0.3) is 0 Å². The fraction of sp³-hybridized carbons (Fsp3) is 0.176. The van der Waals surface area contributed by atoms with Gasteiger partial charge in [0.1, 0.15) is 5.92 Å². The quantitative estimate of drug-likeness (QED) is 0.801. The molecule has 1 heterocycles. The van der Waals surface area contributed by atoms with E-state index in [2.05, 4.69) is 14.7 Å². The highest BCUT2D eigenvalue weighted by atomic mass is 32.2. The van der Waals surface area contributed by atoms with Gasteiger partial charge in [0.2, 0.25) is 0 Å². The molecule has 0 aromatic heterocycles. The number of allylic oxidation sites excluding steroid dienone is 3. The second kappa shape index (κ2) is 6.75. The van der Waals surface area contributed by atoms with Crippen molar-refractivity contribution in [3.63, 3.8) is 0 Å². The number of carbonyl (C=O) groups is 2. The van der Waals surface area contributed by atoms with Crippen molar-refractivity contribution in [2.24, 2.45) is 15.9 Å². The van der Waals surface area contributed by atoms with E-state index in [1.807, 2.05) is 30.4 Å². The molecule has 0 fully saturated rings. The lowest BCUT2D eigenvalue weighted by Crippen LogP contribution is -2.26. The molecule has 116 valence electrons. The van der Waals surface area contributed by atoms with Gasteiger partial charge in [-0.05, 0) is 23.8 Å². The predicted octanol–water partition coefficient (Wildman–Crippen LogP) is 2.79. The summed E-state index contributed by atoms with van der Waals surface area (Å²) in [5.41, 5.74) is 2.25. The molecule has 1 aliphatic carbocycles. The van der Waals surface area contributed by atoms with E-state index in [1.54, 1.807) is 18.2 Å². The molecule has 1 atom stereocenters. The molecular weight excluding hydrogens is 312 g/mol. The molecule has 2 aliphatic rings. The zero-order chi connectivity index (χ0) is 16.2. The second-order valence-corrected chi connectivity index (χ2v) is 5.91. The summed E-state index contributed by atoms with van der Waals surface area (Å²) in [6, 6.07) is 7.13. The van der Waals surface area contributed by atoms with E-state index in [4.69, 9.17) is 0 Å². The number of rotatable bonds is 3. The third kappa shape index (κ3) is 3.48. The van der Waals surface area contributed by atoms with Gasteiger partial charge in [0.05, 0.1) is 18.4 Å². The Hall–Kier alpha value is -2.47. The highest BCUT2D eigenvalue weighted by molar-refractivity contribution is 8.13. The van der Waals surface area contributed by atoms with E-state index in [0.29, 0.717) is 16.5 Å². The number of carbonyl (C=O) groups excluding carboxylic acids is 2. The molecule has 0 spiro atoms. The maximum Gasteiger partial charge on any atom is 0.337 e. The lowest BCUT2D eigenvalue weighted by Gasteiger charge is -2.17. The largest absolute Gasteiger partial charge is 0.465 e. The smallest absolute Gasteiger partial charge is 0.337 e. The van der Waals surface area contributed by atoms with E-state index < -0.39 is 0 Å². The molecule has 6 heteroatoms. The van der Waals surface area contributed by atoms with Crippen LogP contribution in [0.2, 0.25) is 0 Å². The first-order valence-corrected chi connectivity index (χ1v) is 8.02. The van der Waals surface area contributed by atoms with Crippen LogP contribution >= 0.6 is 11.8 Å². The van der Waals surface area contributed by atoms with Gasteiger partial charge in [-0.2, -0.15) is 4.99 Å². The maximum absolute atomic E-state index is 12.0. The number of esters is 1. The van der Waals surface area contributed by atoms with Crippen molar-refractivity contribution in [1.82, 2.24) is 0 Å². The summed E-state index contributed by atoms with van der Waals surface area (Å²) in [6.45, 7) is 0. The number of hydrogen-bond donors (Lipinski definition) is 0. The molecule has 0 bridgehead atoms. The van der Waals surface area contributed by atoms with Crippen molar-refractivity contribution in [3.8, 4) is 0 Å². The van der Waals surface area contributed by atoms with Gasteiger partial charge in [-0.1, -0.05) is 42.1 Å². The van der Waals surface area contributed by atoms with Crippen molar-refractivity contribution < 1.29 is 14.3 Å². The van der Waals surface area contributed by atoms with Crippen LogP contribution in [0.4, 0.5) is 0 Å². The Morgan fingerprint density at radius 3 is 2.74 bits per heavy atom. The first-order valence-electron chi connectivity index (χ1n) is 7.03. The van der Waals surface area contributed by atoms with Crippen LogP contribution in [-0.4, -0.2) is 29.9 Å². The predicted molar refractivity (Wildman–Crippen MR) is 90.7 cm³/mol. The van der Waals surface area contributed by atoms with Gasteiger partial charge in [-0.3, -0.25) is 4.79 Å². The van der Waals surface area contributed by atoms with Crippen LogP contribution in [-0.2, 0) is 15.3 Å². The van der Waals surface area contributed by atoms with Crippen LogP contribution in [0.1, 0.15) is 15.9 Å². The van der Waals surface area contributed by atoms with Crippen LogP contribution in [0.5, 0.6) is 0 Å². The van der Waals surface area contributed by atoms with E-state index in [0.717, 1.165) is 11.3 Å². The Bertz CT molecular complexity index is 761. The van der Waals surface area contributed by atoms with Gasteiger partial charge in [0.25, 0.3) is 5.91 Å². The molecule has 0 radical (unpaired) electrons. The van der Waals surface area contributed by atoms with Gasteiger partial charge >= 0.3 is 5.97 Å². The van der Waals surface area contributed by atoms with Crippen LogP contribution in [0.15, 0.2) is 58.6 Å². The van der Waals surface area contributed by atoms with Gasteiger partial charge in [-0.25, -0.2) is 9.79 Å². The Morgan fingerprint density at radius 1 is 1.22 bits per heavy atom. The van der Waals surface area contributed by atoms with Gasteiger partial charge in [-0.15, -0.1) is 0 Å². The number of benzene rings is 1. The molecule has 0 saturated carbocycles. The number of amides is 1. The lowest BCUT2D eigenvalue weighted by atomic mass is 9.97. The SMILES string of the molecule is COC(=O)c1ccc(CSC2=NC(=O)C3C=CC=CC3=N2)cc1. The van der Waals surface area contributed by atoms with E-state index >= 15 is 0 Å². The fourth-order valence-electron chi connectivity index (χ4n) is 2.21. The number of fused-ring (bicyclic) bond motifs is 1. The van der Waals surface area contributed by atoms with Crippen molar-refractivity contribution >= 4 is 34.5 Å². The van der Waals surface area contributed by atoms with Gasteiger partial charge in [0, 0.05) is 5.75 Å². The molecule has 0 N–H and O–H groups in total. The number of aliphatic imine (C=N–C) groups is 2. The lowest BCUT2D eigenvalue weighted by molar-refractivity contribution is -0.118. The normalized spacial score (nSPS) is 19.0. The summed E-state index contributed by atoms with van der Waals surface area (Å²) in [7, 11) is 1.35. The van der Waals surface area contributed by atoms with Crippen LogP contribution in [0, 0.1) is 5.92 Å². The Balaban J connectivity index is 1.66.